The summed E-state index contributed by atoms with van der Waals surface area (Å²) in [6.07, 6.45) is 1.71. The van der Waals surface area contributed by atoms with Gasteiger partial charge in [0.25, 0.3) is 0 Å². The molecule has 6 nitrogen and oxygen atoms in total. The average Bonchev–Trinajstić information content (AvgIpc) is 2.61. The highest BCUT2D eigenvalue weighted by Crippen LogP contribution is 2.26. The van der Waals surface area contributed by atoms with Crippen LogP contribution in [0.2, 0.25) is 0 Å². The summed E-state index contributed by atoms with van der Waals surface area (Å²) in [6.45, 7) is 7.26. The lowest BCUT2D eigenvalue weighted by molar-refractivity contribution is -0.121. The number of likely N-dealkylation sites (tertiary alicyclic amines) is 1. The first-order valence-corrected chi connectivity index (χ1v) is 9.05. The van der Waals surface area contributed by atoms with Gasteiger partial charge in [-0.15, -0.1) is 0 Å². The Kier molecular flexibility index (Phi) is 5.74. The number of fused-ring (bicyclic) bond motifs is 1. The molecule has 1 fully saturated rings. The molecule has 2 aromatic rings. The van der Waals surface area contributed by atoms with Crippen LogP contribution in [-0.4, -0.2) is 44.2 Å². The fourth-order valence-corrected chi connectivity index (χ4v) is 3.48. The highest BCUT2D eigenvalue weighted by molar-refractivity contribution is 5.96. The quantitative estimate of drug-likeness (QED) is 0.832. The topological polar surface area (TPSA) is 71.8 Å². The minimum atomic E-state index is -0.355. The molecule has 1 aliphatic heterocycles. The molecule has 0 saturated carbocycles. The molecular weight excluding hydrogens is 332 g/mol. The highest BCUT2D eigenvalue weighted by atomic mass is 16.5. The largest absolute Gasteiger partial charge is 0.423 e. The van der Waals surface area contributed by atoms with Crippen molar-refractivity contribution in [3.8, 4) is 0 Å². The predicted molar refractivity (Wildman–Crippen MR) is 102 cm³/mol. The minimum absolute atomic E-state index is 0.0266. The van der Waals surface area contributed by atoms with Gasteiger partial charge in [0.15, 0.2) is 0 Å². The summed E-state index contributed by atoms with van der Waals surface area (Å²) in [5.41, 5.74) is 2.71. The Hall–Kier alpha value is -2.18. The van der Waals surface area contributed by atoms with Crippen molar-refractivity contribution in [2.24, 2.45) is 5.92 Å². The third-order valence-corrected chi connectivity index (χ3v) is 5.12. The smallest absolute Gasteiger partial charge is 0.336 e. The monoisotopic (exact) mass is 358 g/mol. The van der Waals surface area contributed by atoms with Crippen LogP contribution in [0.1, 0.15) is 24.0 Å². The fraction of sp³-hybridized carbons (Fsp3) is 0.500. The molecule has 0 bridgehead atoms. The number of methoxy groups -OCH3 is 1. The van der Waals surface area contributed by atoms with Crippen molar-refractivity contribution in [3.05, 3.63) is 39.7 Å². The number of anilines is 1. The maximum atomic E-state index is 12.7. The van der Waals surface area contributed by atoms with Crippen molar-refractivity contribution < 1.29 is 13.9 Å². The van der Waals surface area contributed by atoms with E-state index in [4.69, 9.17) is 9.15 Å². The molecule has 1 aliphatic rings. The molecule has 1 saturated heterocycles. The average molecular weight is 358 g/mol. The van der Waals surface area contributed by atoms with Gasteiger partial charge in [-0.25, -0.2) is 4.79 Å². The van der Waals surface area contributed by atoms with E-state index in [1.807, 2.05) is 26.0 Å². The fourth-order valence-electron chi connectivity index (χ4n) is 3.48. The molecular formula is C20H26N2O4. The predicted octanol–water partition coefficient (Wildman–Crippen LogP) is 2.71. The molecule has 140 valence electrons. The zero-order valence-electron chi connectivity index (χ0n) is 15.6. The molecule has 6 heteroatoms. The van der Waals surface area contributed by atoms with Gasteiger partial charge < -0.3 is 19.4 Å². The molecule has 1 N–H and O–H groups in total. The van der Waals surface area contributed by atoms with Crippen LogP contribution in [0.4, 0.5) is 5.69 Å². The van der Waals surface area contributed by atoms with Gasteiger partial charge in [-0.1, -0.05) is 0 Å². The van der Waals surface area contributed by atoms with Crippen molar-refractivity contribution >= 4 is 22.6 Å². The first kappa shape index (κ1) is 18.6. The van der Waals surface area contributed by atoms with Crippen LogP contribution < -0.4 is 10.9 Å². The van der Waals surface area contributed by atoms with E-state index >= 15 is 0 Å². The van der Waals surface area contributed by atoms with Crippen LogP contribution in [0, 0.1) is 19.8 Å². The third kappa shape index (κ3) is 4.14. The Labute approximate surface area is 153 Å². The Morgan fingerprint density at radius 2 is 1.96 bits per heavy atom. The van der Waals surface area contributed by atoms with Crippen LogP contribution in [0.5, 0.6) is 0 Å². The van der Waals surface area contributed by atoms with Gasteiger partial charge in [-0.05, 0) is 63.0 Å². The van der Waals surface area contributed by atoms with Crippen LogP contribution in [0.3, 0.4) is 0 Å². The van der Waals surface area contributed by atoms with E-state index in [0.717, 1.165) is 61.3 Å². The normalized spacial score (nSPS) is 16.1. The number of nitrogens with zero attached hydrogens (tertiary/aromatic N) is 1. The molecule has 3 rings (SSSR count). The number of ether oxygens (including phenoxy) is 1. The van der Waals surface area contributed by atoms with Gasteiger partial charge >= 0.3 is 5.63 Å². The number of rotatable bonds is 5. The number of nitrogens with one attached hydrogen (secondary N) is 1. The summed E-state index contributed by atoms with van der Waals surface area (Å²) >= 11 is 0. The lowest BCUT2D eigenvalue weighted by Crippen LogP contribution is -2.39. The molecule has 0 aliphatic carbocycles. The van der Waals surface area contributed by atoms with Crippen molar-refractivity contribution in [1.29, 1.82) is 0 Å². The van der Waals surface area contributed by atoms with Crippen LogP contribution in [0.25, 0.3) is 11.0 Å². The summed E-state index contributed by atoms with van der Waals surface area (Å²) in [6, 6.07) is 5.18. The van der Waals surface area contributed by atoms with Crippen LogP contribution in [0.15, 0.2) is 27.4 Å². The van der Waals surface area contributed by atoms with Gasteiger partial charge in [0, 0.05) is 36.7 Å². The van der Waals surface area contributed by atoms with E-state index in [-0.39, 0.29) is 17.5 Å². The van der Waals surface area contributed by atoms with Crippen molar-refractivity contribution in [2.45, 2.75) is 26.7 Å². The number of aryl methyl sites for hydroxylation is 2. The first-order valence-electron chi connectivity index (χ1n) is 9.05. The molecule has 1 aromatic carbocycles. The summed E-state index contributed by atoms with van der Waals surface area (Å²) in [7, 11) is 1.71. The number of amides is 1. The van der Waals surface area contributed by atoms with E-state index in [9.17, 15) is 9.59 Å². The van der Waals surface area contributed by atoms with Crippen LogP contribution >= 0.6 is 0 Å². The zero-order valence-corrected chi connectivity index (χ0v) is 15.6. The second kappa shape index (κ2) is 8.01. The Morgan fingerprint density at radius 3 is 2.65 bits per heavy atom. The van der Waals surface area contributed by atoms with Gasteiger partial charge in [0.05, 0.1) is 6.61 Å². The second-order valence-electron chi connectivity index (χ2n) is 7.01. The number of piperidine rings is 1. The van der Waals surface area contributed by atoms with E-state index in [2.05, 4.69) is 10.2 Å². The van der Waals surface area contributed by atoms with Crippen LogP contribution in [-0.2, 0) is 9.53 Å². The standard InChI is InChI=1S/C20H26N2O4/c1-13-11-19(23)26-18-10-14(2)17(12-16(13)18)21-20(24)15-4-6-22(7-5-15)8-9-25-3/h10-12,15H,4-9H2,1-3H3,(H,21,24). The van der Waals surface area contributed by atoms with E-state index in [1.165, 1.54) is 6.07 Å². The van der Waals surface area contributed by atoms with Crippen molar-refractivity contribution in [2.75, 3.05) is 38.7 Å². The number of carbonyl (C=O) groups excluding carboxylic acids is 1. The second-order valence-corrected chi connectivity index (χ2v) is 7.01. The molecule has 2 heterocycles. The van der Waals surface area contributed by atoms with Gasteiger partial charge in [0.2, 0.25) is 5.91 Å². The van der Waals surface area contributed by atoms with E-state index < -0.39 is 0 Å². The summed E-state index contributed by atoms with van der Waals surface area (Å²) < 4.78 is 10.4. The summed E-state index contributed by atoms with van der Waals surface area (Å²) in [5.74, 6) is 0.0903. The van der Waals surface area contributed by atoms with Crippen molar-refractivity contribution in [1.82, 2.24) is 4.90 Å². The summed E-state index contributed by atoms with van der Waals surface area (Å²) in [5, 5.41) is 3.92. The lowest BCUT2D eigenvalue weighted by atomic mass is 9.95. The SMILES string of the molecule is COCCN1CCC(C(=O)Nc2cc3c(C)cc(=O)oc3cc2C)CC1. The molecule has 0 atom stereocenters. The third-order valence-electron chi connectivity index (χ3n) is 5.12. The Bertz CT molecular complexity index is 851. The van der Waals surface area contributed by atoms with E-state index in [1.54, 1.807) is 7.11 Å². The number of carbonyl (C=O) groups is 1. The Morgan fingerprint density at radius 1 is 1.23 bits per heavy atom. The molecule has 0 unspecified atom stereocenters. The van der Waals surface area contributed by atoms with Gasteiger partial charge in [0.1, 0.15) is 5.58 Å². The van der Waals surface area contributed by atoms with Gasteiger partial charge in [-0.3, -0.25) is 4.79 Å². The number of benzene rings is 1. The maximum absolute atomic E-state index is 12.7. The molecule has 26 heavy (non-hydrogen) atoms. The van der Waals surface area contributed by atoms with Gasteiger partial charge in [-0.2, -0.15) is 0 Å². The van der Waals surface area contributed by atoms with E-state index in [0.29, 0.717) is 5.58 Å². The molecule has 0 radical (unpaired) electrons. The zero-order chi connectivity index (χ0) is 18.7. The lowest BCUT2D eigenvalue weighted by Gasteiger charge is -2.31. The molecule has 0 spiro atoms. The number of hydrogen-bond acceptors (Lipinski definition) is 5. The maximum Gasteiger partial charge on any atom is 0.336 e. The number of hydrogen-bond donors (Lipinski definition) is 1. The first-order chi connectivity index (χ1) is 12.5. The minimum Gasteiger partial charge on any atom is -0.423 e. The molecule has 1 amide bonds. The Balaban J connectivity index is 1.70. The highest BCUT2D eigenvalue weighted by Gasteiger charge is 2.25. The molecule has 1 aromatic heterocycles. The summed E-state index contributed by atoms with van der Waals surface area (Å²) in [4.78, 5) is 26.5. The van der Waals surface area contributed by atoms with Crippen molar-refractivity contribution in [3.63, 3.8) is 0 Å².